The van der Waals surface area contributed by atoms with Gasteiger partial charge in [-0.1, -0.05) is 20.8 Å². The largest absolute Gasteiger partial charge is 0.497 e. The third-order valence-corrected chi connectivity index (χ3v) is 3.40. The van der Waals surface area contributed by atoms with Crippen molar-refractivity contribution < 1.29 is 23.9 Å². The van der Waals surface area contributed by atoms with Crippen LogP contribution in [0.3, 0.4) is 0 Å². The Hall–Kier alpha value is -2.57. The molecule has 138 valence electrons. The van der Waals surface area contributed by atoms with Crippen LogP contribution < -0.4 is 15.4 Å². The Bertz CT molecular complexity index is 619. The zero-order valence-corrected chi connectivity index (χ0v) is 15.5. The average Bonchev–Trinajstić information content (AvgIpc) is 2.54. The van der Waals surface area contributed by atoms with E-state index in [1.807, 2.05) is 0 Å². The van der Waals surface area contributed by atoms with Crippen molar-refractivity contribution in [3.05, 3.63) is 24.3 Å². The molecule has 0 radical (unpaired) electrons. The summed E-state index contributed by atoms with van der Waals surface area (Å²) >= 11 is 0. The standard InChI is InChI=1S/C18H26N2O5/c1-11(19-17(23)18(3,4)5)16(22)25-12(2)15(21)20-13-7-9-14(24-6)10-8-13/h7-12H,1-6H3,(H,19,23)(H,20,21). The minimum atomic E-state index is -0.997. The van der Waals surface area contributed by atoms with Crippen molar-refractivity contribution in [3.8, 4) is 5.75 Å². The van der Waals surface area contributed by atoms with Gasteiger partial charge in [0.1, 0.15) is 11.8 Å². The van der Waals surface area contributed by atoms with Gasteiger partial charge < -0.3 is 20.1 Å². The summed E-state index contributed by atoms with van der Waals surface area (Å²) in [4.78, 5) is 36.0. The van der Waals surface area contributed by atoms with Crippen LogP contribution in [0.5, 0.6) is 5.75 Å². The SMILES string of the molecule is COc1ccc(NC(=O)C(C)OC(=O)C(C)NC(=O)C(C)(C)C)cc1. The monoisotopic (exact) mass is 350 g/mol. The molecular formula is C18H26N2O5. The fourth-order valence-electron chi connectivity index (χ4n) is 1.72. The highest BCUT2D eigenvalue weighted by molar-refractivity contribution is 5.95. The molecule has 7 nitrogen and oxygen atoms in total. The second-order valence-corrected chi connectivity index (χ2v) is 6.74. The Morgan fingerprint density at radius 3 is 2.08 bits per heavy atom. The van der Waals surface area contributed by atoms with E-state index < -0.39 is 29.4 Å². The Morgan fingerprint density at radius 1 is 1.04 bits per heavy atom. The number of hydrogen-bond donors (Lipinski definition) is 2. The molecular weight excluding hydrogens is 324 g/mol. The summed E-state index contributed by atoms with van der Waals surface area (Å²) in [6.07, 6.45) is -0.997. The zero-order chi connectivity index (χ0) is 19.2. The molecule has 2 N–H and O–H groups in total. The molecule has 2 atom stereocenters. The molecule has 0 heterocycles. The minimum Gasteiger partial charge on any atom is -0.497 e. The predicted molar refractivity (Wildman–Crippen MR) is 94.2 cm³/mol. The van der Waals surface area contributed by atoms with E-state index in [2.05, 4.69) is 10.6 Å². The summed E-state index contributed by atoms with van der Waals surface area (Å²) in [5, 5.41) is 5.21. The van der Waals surface area contributed by atoms with Gasteiger partial charge in [0.25, 0.3) is 5.91 Å². The van der Waals surface area contributed by atoms with Gasteiger partial charge in [-0.15, -0.1) is 0 Å². The van der Waals surface area contributed by atoms with E-state index in [0.717, 1.165) is 0 Å². The first-order valence-electron chi connectivity index (χ1n) is 8.01. The number of carbonyl (C=O) groups excluding carboxylic acids is 3. The van der Waals surface area contributed by atoms with Gasteiger partial charge >= 0.3 is 5.97 Å². The van der Waals surface area contributed by atoms with Gasteiger partial charge in [-0.05, 0) is 38.1 Å². The van der Waals surface area contributed by atoms with Crippen molar-refractivity contribution in [2.24, 2.45) is 5.41 Å². The molecule has 0 aromatic heterocycles. The maximum Gasteiger partial charge on any atom is 0.329 e. The number of anilines is 1. The highest BCUT2D eigenvalue weighted by Crippen LogP contribution is 2.16. The van der Waals surface area contributed by atoms with Gasteiger partial charge in [0, 0.05) is 11.1 Å². The molecule has 0 bridgehead atoms. The van der Waals surface area contributed by atoms with Crippen LogP contribution in [0.2, 0.25) is 0 Å². The van der Waals surface area contributed by atoms with E-state index in [4.69, 9.17) is 9.47 Å². The number of carbonyl (C=O) groups is 3. The number of ether oxygens (including phenoxy) is 2. The van der Waals surface area contributed by atoms with Gasteiger partial charge in [0.05, 0.1) is 7.11 Å². The number of hydrogen-bond acceptors (Lipinski definition) is 5. The lowest BCUT2D eigenvalue weighted by Gasteiger charge is -2.22. The highest BCUT2D eigenvalue weighted by Gasteiger charge is 2.27. The van der Waals surface area contributed by atoms with E-state index >= 15 is 0 Å². The molecule has 25 heavy (non-hydrogen) atoms. The van der Waals surface area contributed by atoms with Crippen molar-refractivity contribution in [1.82, 2.24) is 5.32 Å². The number of rotatable bonds is 6. The third-order valence-electron chi connectivity index (χ3n) is 3.40. The van der Waals surface area contributed by atoms with E-state index in [1.54, 1.807) is 52.1 Å². The molecule has 0 aliphatic heterocycles. The zero-order valence-electron chi connectivity index (χ0n) is 15.5. The van der Waals surface area contributed by atoms with E-state index in [9.17, 15) is 14.4 Å². The van der Waals surface area contributed by atoms with Gasteiger partial charge in [-0.2, -0.15) is 0 Å². The fourth-order valence-corrected chi connectivity index (χ4v) is 1.72. The highest BCUT2D eigenvalue weighted by atomic mass is 16.5. The van der Waals surface area contributed by atoms with Crippen molar-refractivity contribution in [1.29, 1.82) is 0 Å². The summed E-state index contributed by atoms with van der Waals surface area (Å²) in [5.74, 6) is -0.740. The molecule has 1 aromatic carbocycles. The van der Waals surface area contributed by atoms with Gasteiger partial charge in [-0.25, -0.2) is 4.79 Å². The number of nitrogens with one attached hydrogen (secondary N) is 2. The van der Waals surface area contributed by atoms with Crippen LogP contribution >= 0.6 is 0 Å². The van der Waals surface area contributed by atoms with Crippen LogP contribution in [0.1, 0.15) is 34.6 Å². The van der Waals surface area contributed by atoms with Crippen LogP contribution in [0.25, 0.3) is 0 Å². The number of esters is 1. The molecule has 2 unspecified atom stereocenters. The Kier molecular flexibility index (Phi) is 6.97. The van der Waals surface area contributed by atoms with Crippen molar-refractivity contribution >= 4 is 23.5 Å². The molecule has 0 saturated heterocycles. The van der Waals surface area contributed by atoms with Crippen LogP contribution in [0.4, 0.5) is 5.69 Å². The van der Waals surface area contributed by atoms with E-state index in [-0.39, 0.29) is 5.91 Å². The fraction of sp³-hybridized carbons (Fsp3) is 0.500. The Morgan fingerprint density at radius 2 is 1.60 bits per heavy atom. The Balaban J connectivity index is 2.55. The number of amides is 2. The summed E-state index contributed by atoms with van der Waals surface area (Å²) in [7, 11) is 1.55. The summed E-state index contributed by atoms with van der Waals surface area (Å²) in [6.45, 7) is 8.21. The quantitative estimate of drug-likeness (QED) is 0.767. The predicted octanol–water partition coefficient (Wildman–Crippen LogP) is 2.12. The molecule has 0 aliphatic rings. The van der Waals surface area contributed by atoms with Crippen molar-refractivity contribution in [2.45, 2.75) is 46.8 Å². The topological polar surface area (TPSA) is 93.7 Å². The average molecular weight is 350 g/mol. The smallest absolute Gasteiger partial charge is 0.329 e. The number of benzene rings is 1. The summed E-state index contributed by atoms with van der Waals surface area (Å²) in [6, 6.07) is 5.92. The van der Waals surface area contributed by atoms with Crippen LogP contribution in [-0.4, -0.2) is 37.0 Å². The summed E-state index contributed by atoms with van der Waals surface area (Å²) < 4.78 is 10.2. The molecule has 1 aromatic rings. The molecule has 0 saturated carbocycles. The Labute approximate surface area is 148 Å². The van der Waals surface area contributed by atoms with Crippen LogP contribution in [0, 0.1) is 5.41 Å². The number of methoxy groups -OCH3 is 1. The molecule has 1 rings (SSSR count). The van der Waals surface area contributed by atoms with E-state index in [0.29, 0.717) is 11.4 Å². The van der Waals surface area contributed by atoms with Gasteiger partial charge in [-0.3, -0.25) is 9.59 Å². The maximum atomic E-state index is 12.1. The molecule has 0 fully saturated rings. The molecule has 2 amide bonds. The molecule has 0 aliphatic carbocycles. The first-order valence-corrected chi connectivity index (χ1v) is 8.01. The normalized spacial score (nSPS) is 13.4. The van der Waals surface area contributed by atoms with Gasteiger partial charge in [0.2, 0.25) is 5.91 Å². The maximum absolute atomic E-state index is 12.1. The van der Waals surface area contributed by atoms with Crippen LogP contribution in [-0.2, 0) is 19.1 Å². The second kappa shape index (κ2) is 8.50. The lowest BCUT2D eigenvalue weighted by atomic mass is 9.95. The molecule has 0 spiro atoms. The summed E-state index contributed by atoms with van der Waals surface area (Å²) in [5.41, 5.74) is -0.0610. The second-order valence-electron chi connectivity index (χ2n) is 6.74. The molecule has 7 heteroatoms. The first kappa shape index (κ1) is 20.5. The lowest BCUT2D eigenvalue weighted by molar-refractivity contribution is -0.156. The van der Waals surface area contributed by atoms with Crippen LogP contribution in [0.15, 0.2) is 24.3 Å². The third kappa shape index (κ3) is 6.45. The van der Waals surface area contributed by atoms with E-state index in [1.165, 1.54) is 13.8 Å². The van der Waals surface area contributed by atoms with Gasteiger partial charge in [0.15, 0.2) is 6.10 Å². The first-order chi connectivity index (χ1) is 11.5. The van der Waals surface area contributed by atoms with Crippen molar-refractivity contribution in [3.63, 3.8) is 0 Å². The lowest BCUT2D eigenvalue weighted by Crippen LogP contribution is -2.46. The van der Waals surface area contributed by atoms with Crippen molar-refractivity contribution in [2.75, 3.05) is 12.4 Å². The minimum absolute atomic E-state index is 0.271.